The number of carbonyl (C=O) groups excluding carboxylic acids is 3. The first kappa shape index (κ1) is 15.3. The van der Waals surface area contributed by atoms with Gasteiger partial charge in [-0.25, -0.2) is 9.59 Å². The van der Waals surface area contributed by atoms with Gasteiger partial charge >= 0.3 is 11.9 Å². The Bertz CT molecular complexity index is 729. The molecule has 1 aliphatic rings. The topological polar surface area (TPSA) is 119 Å². The molecule has 0 spiro atoms. The molecule has 1 heterocycles. The van der Waals surface area contributed by atoms with Crippen molar-refractivity contribution in [2.75, 3.05) is 11.1 Å². The maximum absolute atomic E-state index is 11.8. The number of nitrogen functional groups attached to an aromatic ring is 1. The second kappa shape index (κ2) is 5.72. The van der Waals surface area contributed by atoms with Crippen molar-refractivity contribution >= 4 is 29.1 Å². The van der Waals surface area contributed by atoms with Gasteiger partial charge in [-0.3, -0.25) is 4.79 Å². The van der Waals surface area contributed by atoms with Crippen molar-refractivity contribution in [1.82, 2.24) is 0 Å². The summed E-state index contributed by atoms with van der Waals surface area (Å²) in [5, 5.41) is 12.9. The third-order valence-corrected chi connectivity index (χ3v) is 3.04. The number of aliphatic hydroxyl groups is 1. The molecule has 0 unspecified atom stereocenters. The highest BCUT2D eigenvalue weighted by Gasteiger charge is 2.36. The standard InChI is InChI=1S/C15H14N2O5/c1-7(17-10-5-3-9(16)4-6-10)11-13(19)12(8(2)18)15(21)22-14(11)20/h3-6,17,19H,16H2,1-2H3. The summed E-state index contributed by atoms with van der Waals surface area (Å²) in [6.07, 6.45) is 0. The number of hydrogen-bond donors (Lipinski definition) is 3. The van der Waals surface area contributed by atoms with Gasteiger partial charge in [0.25, 0.3) is 0 Å². The molecule has 0 radical (unpaired) electrons. The molecule has 0 aliphatic carbocycles. The van der Waals surface area contributed by atoms with Gasteiger partial charge in [-0.15, -0.1) is 0 Å². The van der Waals surface area contributed by atoms with E-state index < -0.39 is 29.1 Å². The minimum atomic E-state index is -1.15. The van der Waals surface area contributed by atoms with Crippen LogP contribution >= 0.6 is 0 Å². The van der Waals surface area contributed by atoms with Crippen molar-refractivity contribution in [2.45, 2.75) is 13.8 Å². The third kappa shape index (κ3) is 2.83. The summed E-state index contributed by atoms with van der Waals surface area (Å²) in [5.41, 5.74) is 6.18. The lowest BCUT2D eigenvalue weighted by Gasteiger charge is -2.18. The van der Waals surface area contributed by atoms with Crippen LogP contribution in [0, 0.1) is 0 Å². The molecule has 0 saturated carbocycles. The number of nitrogens with two attached hydrogens (primary N) is 1. The van der Waals surface area contributed by atoms with E-state index in [1.807, 2.05) is 0 Å². The fraction of sp³-hybridized carbons (Fsp3) is 0.133. The molecular weight excluding hydrogens is 288 g/mol. The Morgan fingerprint density at radius 1 is 1.14 bits per heavy atom. The molecule has 0 fully saturated rings. The molecule has 4 N–H and O–H groups in total. The van der Waals surface area contributed by atoms with E-state index in [0.717, 1.165) is 6.92 Å². The highest BCUT2D eigenvalue weighted by Crippen LogP contribution is 2.25. The number of ether oxygens (including phenoxy) is 1. The van der Waals surface area contributed by atoms with E-state index in [1.54, 1.807) is 24.3 Å². The quantitative estimate of drug-likeness (QED) is 0.254. The Morgan fingerprint density at radius 2 is 1.73 bits per heavy atom. The number of hydrogen-bond acceptors (Lipinski definition) is 7. The zero-order valence-electron chi connectivity index (χ0n) is 12.0. The Hall–Kier alpha value is -3.09. The first-order valence-electron chi connectivity index (χ1n) is 6.35. The fourth-order valence-corrected chi connectivity index (χ4v) is 1.99. The van der Waals surface area contributed by atoms with Gasteiger partial charge in [-0.1, -0.05) is 0 Å². The maximum atomic E-state index is 11.8. The van der Waals surface area contributed by atoms with E-state index in [9.17, 15) is 19.5 Å². The summed E-state index contributed by atoms with van der Waals surface area (Å²) >= 11 is 0. The van der Waals surface area contributed by atoms with E-state index in [-0.39, 0.29) is 11.3 Å². The Labute approximate surface area is 126 Å². The smallest absolute Gasteiger partial charge is 0.353 e. The number of benzene rings is 1. The van der Waals surface area contributed by atoms with Crippen molar-refractivity contribution in [3.8, 4) is 0 Å². The van der Waals surface area contributed by atoms with Gasteiger partial charge in [0.1, 0.15) is 16.9 Å². The lowest BCUT2D eigenvalue weighted by atomic mass is 10.0. The van der Waals surface area contributed by atoms with Crippen LogP contribution in [0.25, 0.3) is 0 Å². The average molecular weight is 302 g/mol. The minimum Gasteiger partial charge on any atom is -0.506 e. The van der Waals surface area contributed by atoms with Crippen molar-refractivity contribution in [2.24, 2.45) is 0 Å². The molecule has 1 aliphatic heterocycles. The van der Waals surface area contributed by atoms with Crippen LogP contribution in [0.2, 0.25) is 0 Å². The molecule has 0 amide bonds. The van der Waals surface area contributed by atoms with E-state index in [1.165, 1.54) is 6.92 Å². The van der Waals surface area contributed by atoms with Gasteiger partial charge in [0.2, 0.25) is 0 Å². The van der Waals surface area contributed by atoms with Gasteiger partial charge in [0.15, 0.2) is 5.78 Å². The Balaban J connectivity index is 2.46. The highest BCUT2D eigenvalue weighted by molar-refractivity contribution is 6.23. The predicted molar refractivity (Wildman–Crippen MR) is 78.6 cm³/mol. The minimum absolute atomic E-state index is 0.235. The van der Waals surface area contributed by atoms with Crippen LogP contribution in [-0.2, 0) is 19.1 Å². The number of anilines is 2. The zero-order valence-corrected chi connectivity index (χ0v) is 12.0. The van der Waals surface area contributed by atoms with E-state index in [2.05, 4.69) is 10.1 Å². The van der Waals surface area contributed by atoms with Crippen LogP contribution in [-0.4, -0.2) is 22.8 Å². The SMILES string of the molecule is CC(=O)C1=C(O)C(=C(C)Nc2ccc(N)cc2)C(=O)OC1=O. The van der Waals surface area contributed by atoms with Crippen molar-refractivity contribution < 1.29 is 24.2 Å². The Kier molecular flexibility index (Phi) is 3.98. The molecular formula is C15H14N2O5. The van der Waals surface area contributed by atoms with Crippen LogP contribution in [0.5, 0.6) is 0 Å². The Morgan fingerprint density at radius 3 is 2.27 bits per heavy atom. The summed E-state index contributed by atoms with van der Waals surface area (Å²) < 4.78 is 4.49. The van der Waals surface area contributed by atoms with Gasteiger partial charge in [0.05, 0.1) is 0 Å². The summed E-state index contributed by atoms with van der Waals surface area (Å²) in [6.45, 7) is 2.61. The van der Waals surface area contributed by atoms with Crippen LogP contribution in [0.1, 0.15) is 13.8 Å². The number of aliphatic hydroxyl groups excluding tert-OH is 1. The molecule has 0 saturated heterocycles. The van der Waals surface area contributed by atoms with Crippen LogP contribution < -0.4 is 11.1 Å². The second-order valence-electron chi connectivity index (χ2n) is 4.70. The molecule has 7 nitrogen and oxygen atoms in total. The molecule has 1 aromatic carbocycles. The molecule has 0 atom stereocenters. The summed E-state index contributed by atoms with van der Waals surface area (Å²) in [5.74, 6) is -3.55. The number of nitrogens with one attached hydrogen (secondary N) is 1. The number of Topliss-reactive ketones (excluding diaryl/α,β-unsaturated/α-hetero) is 1. The molecule has 0 bridgehead atoms. The largest absolute Gasteiger partial charge is 0.506 e. The highest BCUT2D eigenvalue weighted by atomic mass is 16.6. The third-order valence-electron chi connectivity index (χ3n) is 3.04. The van der Waals surface area contributed by atoms with Crippen LogP contribution in [0.4, 0.5) is 11.4 Å². The maximum Gasteiger partial charge on any atom is 0.353 e. The number of allylic oxidation sites excluding steroid dienone is 1. The monoisotopic (exact) mass is 302 g/mol. The fourth-order valence-electron chi connectivity index (χ4n) is 1.99. The van der Waals surface area contributed by atoms with Gasteiger partial charge in [-0.05, 0) is 38.1 Å². The first-order valence-corrected chi connectivity index (χ1v) is 6.35. The van der Waals surface area contributed by atoms with Crippen molar-refractivity contribution in [3.05, 3.63) is 46.9 Å². The molecule has 114 valence electrons. The number of rotatable bonds is 3. The van der Waals surface area contributed by atoms with Crippen molar-refractivity contribution in [3.63, 3.8) is 0 Å². The van der Waals surface area contributed by atoms with Gasteiger partial charge in [0, 0.05) is 17.1 Å². The molecule has 0 aromatic heterocycles. The lowest BCUT2D eigenvalue weighted by molar-refractivity contribution is -0.155. The van der Waals surface area contributed by atoms with Gasteiger partial charge in [-0.2, -0.15) is 0 Å². The molecule has 1 aromatic rings. The number of cyclic esters (lactones) is 2. The van der Waals surface area contributed by atoms with Crippen molar-refractivity contribution in [1.29, 1.82) is 0 Å². The number of carbonyl (C=O) groups is 3. The number of esters is 2. The number of ketones is 1. The second-order valence-corrected chi connectivity index (χ2v) is 4.70. The summed E-state index contributed by atoms with van der Waals surface area (Å²) in [7, 11) is 0. The van der Waals surface area contributed by atoms with Crippen LogP contribution in [0.15, 0.2) is 46.9 Å². The first-order chi connectivity index (χ1) is 10.3. The van der Waals surface area contributed by atoms with E-state index in [4.69, 9.17) is 5.73 Å². The zero-order chi connectivity index (χ0) is 16.4. The van der Waals surface area contributed by atoms with Crippen LogP contribution in [0.3, 0.4) is 0 Å². The van der Waals surface area contributed by atoms with E-state index >= 15 is 0 Å². The van der Waals surface area contributed by atoms with Gasteiger partial charge < -0.3 is 20.9 Å². The molecule has 22 heavy (non-hydrogen) atoms. The predicted octanol–water partition coefficient (Wildman–Crippen LogP) is 1.44. The summed E-state index contributed by atoms with van der Waals surface area (Å²) in [4.78, 5) is 34.7. The summed E-state index contributed by atoms with van der Waals surface area (Å²) in [6, 6.07) is 6.65. The molecule has 7 heteroatoms. The van der Waals surface area contributed by atoms with E-state index in [0.29, 0.717) is 11.4 Å². The molecule has 2 rings (SSSR count). The normalized spacial score (nSPS) is 17.2. The average Bonchev–Trinajstić information content (AvgIpc) is 2.40. The lowest BCUT2D eigenvalue weighted by Crippen LogP contribution is -2.29.